The van der Waals surface area contributed by atoms with Gasteiger partial charge < -0.3 is 0 Å². The molecule has 5 nitrogen and oxygen atoms in total. The Balaban J connectivity index is 1.46. The minimum Gasteiger partial charge on any atom is -0.228 e. The molecule has 0 radical (unpaired) electrons. The fourth-order valence-corrected chi connectivity index (χ4v) is 6.65. The molecule has 0 saturated heterocycles. The molecule has 1 heterocycles. The fraction of sp³-hybridized carbons (Fsp3) is 0.0750. The average molecular weight is 610 g/mol. The first-order valence-electron chi connectivity index (χ1n) is 14.8. The summed E-state index contributed by atoms with van der Waals surface area (Å²) in [4.78, 5) is 3.64. The lowest BCUT2D eigenvalue weighted by molar-refractivity contribution is 0.584. The first-order chi connectivity index (χ1) is 22.9. The van der Waals surface area contributed by atoms with Crippen molar-refractivity contribution in [2.75, 3.05) is 0 Å². The lowest BCUT2D eigenvalue weighted by Crippen LogP contribution is -1.91. The van der Waals surface area contributed by atoms with Gasteiger partial charge in [-0.05, 0) is 110 Å². The fourth-order valence-electron chi connectivity index (χ4n) is 6.65. The van der Waals surface area contributed by atoms with E-state index >= 15 is 0 Å². The maximum atomic E-state index is 14.8. The van der Waals surface area contributed by atoms with Crippen LogP contribution >= 0.6 is 0 Å². The molecule has 0 bridgehead atoms. The number of nitrogens with zero attached hydrogens (tertiary/aromatic N) is 5. The Morgan fingerprint density at radius 3 is 1.72 bits per heavy atom. The third kappa shape index (κ3) is 4.67. The van der Waals surface area contributed by atoms with Crippen LogP contribution < -0.4 is 0 Å². The van der Waals surface area contributed by atoms with Crippen molar-refractivity contribution < 1.29 is 8.78 Å². The number of allylic oxidation sites excluding steroid dienone is 8. The van der Waals surface area contributed by atoms with Crippen LogP contribution in [0.2, 0.25) is 0 Å². The summed E-state index contributed by atoms with van der Waals surface area (Å²) in [6, 6.07) is 26.2. The monoisotopic (exact) mass is 609 g/mol. The summed E-state index contributed by atoms with van der Waals surface area (Å²) in [7, 11) is 0. The Bertz CT molecular complexity index is 2400. The van der Waals surface area contributed by atoms with E-state index in [2.05, 4.69) is 17.1 Å². The standard InChI is InChI=1S/C40H21F2N5/c1-2-22-3-4-23(12-29(41)11-22)24-5-7-30-32-16-37-33(17-36(32)39(34(30)13-24)27(18-43)19-44)31-8-6-25(26-9-10-47-38(42)15-26)14-35(31)40(37)28(20-45)21-46/h3-10,12-17H,2,11H2,1H3. The Hall–Kier alpha value is -6.67. The Labute approximate surface area is 269 Å². The van der Waals surface area contributed by atoms with Gasteiger partial charge in [0.2, 0.25) is 5.95 Å². The zero-order valence-electron chi connectivity index (χ0n) is 25.0. The van der Waals surface area contributed by atoms with Gasteiger partial charge in [0.15, 0.2) is 0 Å². The number of halogens is 2. The molecule has 0 amide bonds. The van der Waals surface area contributed by atoms with Gasteiger partial charge in [0.25, 0.3) is 0 Å². The molecule has 3 aliphatic rings. The third-order valence-corrected chi connectivity index (χ3v) is 8.86. The van der Waals surface area contributed by atoms with Gasteiger partial charge in [0.1, 0.15) is 41.2 Å². The van der Waals surface area contributed by atoms with Gasteiger partial charge in [-0.25, -0.2) is 9.37 Å². The van der Waals surface area contributed by atoms with Gasteiger partial charge in [-0.2, -0.15) is 25.4 Å². The minimum atomic E-state index is -0.626. The van der Waals surface area contributed by atoms with Crippen LogP contribution in [0.1, 0.15) is 47.6 Å². The quantitative estimate of drug-likeness (QED) is 0.147. The highest BCUT2D eigenvalue weighted by Crippen LogP contribution is 2.54. The predicted molar refractivity (Wildman–Crippen MR) is 175 cm³/mol. The van der Waals surface area contributed by atoms with Crippen LogP contribution in [0.3, 0.4) is 0 Å². The molecule has 4 aromatic rings. The van der Waals surface area contributed by atoms with E-state index in [1.54, 1.807) is 6.07 Å². The molecule has 47 heavy (non-hydrogen) atoms. The second-order valence-corrected chi connectivity index (χ2v) is 11.3. The lowest BCUT2D eigenvalue weighted by Gasteiger charge is -2.08. The number of hydrogen-bond acceptors (Lipinski definition) is 5. The largest absolute Gasteiger partial charge is 0.228 e. The molecule has 0 unspecified atom stereocenters. The molecule has 1 aromatic heterocycles. The summed E-state index contributed by atoms with van der Waals surface area (Å²) in [5.41, 5.74) is 10.1. The van der Waals surface area contributed by atoms with E-state index < -0.39 is 5.95 Å². The first-order valence-corrected chi connectivity index (χ1v) is 14.8. The van der Waals surface area contributed by atoms with Crippen molar-refractivity contribution in [1.29, 1.82) is 21.0 Å². The molecule has 0 N–H and O–H groups in total. The van der Waals surface area contributed by atoms with Crippen molar-refractivity contribution in [2.45, 2.75) is 19.8 Å². The summed E-state index contributed by atoms with van der Waals surface area (Å²) in [6.07, 6.45) is 7.70. The van der Waals surface area contributed by atoms with Gasteiger partial charge in [0, 0.05) is 29.8 Å². The van der Waals surface area contributed by atoms with Crippen molar-refractivity contribution >= 4 is 16.7 Å². The number of fused-ring (bicyclic) bond motifs is 6. The highest BCUT2D eigenvalue weighted by molar-refractivity contribution is 6.11. The highest BCUT2D eigenvalue weighted by Gasteiger charge is 2.34. The molecule has 3 aliphatic carbocycles. The second-order valence-electron chi connectivity index (χ2n) is 11.3. The Morgan fingerprint density at radius 1 is 0.638 bits per heavy atom. The molecule has 3 aromatic carbocycles. The van der Waals surface area contributed by atoms with E-state index in [-0.39, 0.29) is 23.4 Å². The number of nitriles is 4. The van der Waals surface area contributed by atoms with Gasteiger partial charge >= 0.3 is 0 Å². The maximum Gasteiger partial charge on any atom is 0.213 e. The zero-order chi connectivity index (χ0) is 32.8. The number of benzene rings is 3. The van der Waals surface area contributed by atoms with E-state index in [1.165, 1.54) is 18.3 Å². The molecular formula is C40H21F2N5. The SMILES string of the molecule is CCC1=CC=C(c2ccc3c(c2)C(=C(C#N)C#N)c2cc4c(cc2-3)C(=C(C#N)C#N)c2cc(-c3ccnc(F)c3)ccc2-4)C=C(F)C1. The zero-order valence-corrected chi connectivity index (χ0v) is 25.0. The van der Waals surface area contributed by atoms with Crippen LogP contribution in [-0.2, 0) is 0 Å². The molecule has 0 aliphatic heterocycles. The van der Waals surface area contributed by atoms with E-state index in [9.17, 15) is 29.8 Å². The van der Waals surface area contributed by atoms with Gasteiger partial charge in [-0.3, -0.25) is 0 Å². The van der Waals surface area contributed by atoms with E-state index in [0.29, 0.717) is 50.1 Å². The minimum absolute atomic E-state index is 0.0642. The maximum absolute atomic E-state index is 14.8. The number of hydrogen-bond donors (Lipinski definition) is 0. The number of pyridine rings is 1. The molecule has 0 spiro atoms. The van der Waals surface area contributed by atoms with E-state index in [4.69, 9.17) is 0 Å². The highest BCUT2D eigenvalue weighted by atomic mass is 19.1. The van der Waals surface area contributed by atoms with Crippen molar-refractivity contribution in [3.8, 4) is 57.7 Å². The smallest absolute Gasteiger partial charge is 0.213 e. The van der Waals surface area contributed by atoms with Crippen LogP contribution in [0.15, 0.2) is 108 Å². The molecule has 0 atom stereocenters. The molecule has 0 saturated carbocycles. The van der Waals surface area contributed by atoms with Crippen LogP contribution in [0.25, 0.3) is 50.1 Å². The van der Waals surface area contributed by atoms with Crippen molar-refractivity contribution in [2.24, 2.45) is 0 Å². The summed E-state index contributed by atoms with van der Waals surface area (Å²) in [5, 5.41) is 40.1. The number of rotatable bonds is 3. The third-order valence-electron chi connectivity index (χ3n) is 8.86. The summed E-state index contributed by atoms with van der Waals surface area (Å²) in [6.45, 7) is 1.99. The van der Waals surface area contributed by atoms with Crippen molar-refractivity contribution in [3.63, 3.8) is 0 Å². The van der Waals surface area contributed by atoms with E-state index in [0.717, 1.165) is 39.8 Å². The predicted octanol–water partition coefficient (Wildman–Crippen LogP) is 9.52. The normalized spacial score (nSPS) is 13.6. The molecule has 220 valence electrons. The lowest BCUT2D eigenvalue weighted by atomic mass is 9.93. The average Bonchev–Trinajstić information content (AvgIpc) is 3.48. The topological polar surface area (TPSA) is 108 Å². The van der Waals surface area contributed by atoms with Gasteiger partial charge in [-0.15, -0.1) is 0 Å². The molecule has 7 heteroatoms. The molecular weight excluding hydrogens is 588 g/mol. The summed E-state index contributed by atoms with van der Waals surface area (Å²) >= 11 is 0. The van der Waals surface area contributed by atoms with E-state index in [1.807, 2.05) is 79.7 Å². The van der Waals surface area contributed by atoms with Gasteiger partial charge in [-0.1, -0.05) is 48.9 Å². The summed E-state index contributed by atoms with van der Waals surface area (Å²) < 4.78 is 28.8. The first kappa shape index (κ1) is 29.1. The van der Waals surface area contributed by atoms with Crippen molar-refractivity contribution in [3.05, 3.63) is 141 Å². The number of aromatic nitrogens is 1. The molecule has 0 fully saturated rings. The Kier molecular flexibility index (Phi) is 7.02. The van der Waals surface area contributed by atoms with Crippen LogP contribution in [0.5, 0.6) is 0 Å². The Morgan fingerprint density at radius 2 is 1.17 bits per heavy atom. The molecule has 7 rings (SSSR count). The van der Waals surface area contributed by atoms with Crippen LogP contribution in [0, 0.1) is 51.3 Å². The second kappa shape index (κ2) is 11.4. The van der Waals surface area contributed by atoms with Crippen molar-refractivity contribution in [1.82, 2.24) is 4.98 Å². The van der Waals surface area contributed by atoms with Crippen LogP contribution in [0.4, 0.5) is 8.78 Å². The van der Waals surface area contributed by atoms with Gasteiger partial charge in [0.05, 0.1) is 0 Å². The summed E-state index contributed by atoms with van der Waals surface area (Å²) in [5.74, 6) is -0.868. The van der Waals surface area contributed by atoms with Crippen LogP contribution in [-0.4, -0.2) is 4.98 Å².